The summed E-state index contributed by atoms with van der Waals surface area (Å²) in [5.41, 5.74) is 3.86. The Kier molecular flexibility index (Phi) is 8.41. The first-order valence-electron chi connectivity index (χ1n) is 12.8. The Hall–Kier alpha value is -2.21. The number of Topliss-reactive ketones (excluding diaryl/α,β-unsaturated/α-hetero) is 1. The Morgan fingerprint density at radius 3 is 2.62 bits per heavy atom. The maximum Gasteiger partial charge on any atom is 0.303 e. The largest absolute Gasteiger partial charge is 0.481 e. The minimum atomic E-state index is -0.850. The monoisotopic (exact) mass is 485 g/mol. The van der Waals surface area contributed by atoms with Crippen molar-refractivity contribution in [3.63, 3.8) is 0 Å². The van der Waals surface area contributed by atoms with Gasteiger partial charge in [-0.3, -0.25) is 9.59 Å². The molecule has 0 unspecified atom stereocenters. The molecule has 0 bridgehead atoms. The molecule has 1 heterocycles. The van der Waals surface area contributed by atoms with Gasteiger partial charge in [0.05, 0.1) is 11.4 Å². The number of aromatic nitrogens is 3. The zero-order chi connectivity index (χ0) is 24.1. The van der Waals surface area contributed by atoms with Crippen molar-refractivity contribution in [3.05, 3.63) is 45.7 Å². The first-order valence-corrected chi connectivity index (χ1v) is 13.2. The molecule has 2 aliphatic rings. The van der Waals surface area contributed by atoms with Crippen molar-refractivity contribution in [2.45, 2.75) is 102 Å². The van der Waals surface area contributed by atoms with Crippen LogP contribution in [0.5, 0.6) is 0 Å². The van der Waals surface area contributed by atoms with Crippen LogP contribution in [0.1, 0.15) is 105 Å². The number of ketones is 1. The van der Waals surface area contributed by atoms with Gasteiger partial charge < -0.3 is 5.11 Å². The molecule has 2 aromatic rings. The Labute approximate surface area is 207 Å². The molecule has 0 amide bonds. The molecule has 184 valence electrons. The maximum absolute atomic E-state index is 13.1. The van der Waals surface area contributed by atoms with Crippen molar-refractivity contribution in [1.29, 1.82) is 0 Å². The minimum absolute atomic E-state index is 0.0161. The zero-order valence-electron chi connectivity index (χ0n) is 20.1. The van der Waals surface area contributed by atoms with E-state index < -0.39 is 5.97 Å². The minimum Gasteiger partial charge on any atom is -0.481 e. The second kappa shape index (κ2) is 11.5. The fourth-order valence-corrected chi connectivity index (χ4v) is 5.64. The van der Waals surface area contributed by atoms with Crippen LogP contribution in [0.15, 0.2) is 18.2 Å². The van der Waals surface area contributed by atoms with Crippen molar-refractivity contribution in [1.82, 2.24) is 15.0 Å². The van der Waals surface area contributed by atoms with Crippen LogP contribution in [0.25, 0.3) is 0 Å². The number of carboxylic acid groups (broad SMARTS) is 1. The Balaban J connectivity index is 1.49. The third-order valence-electron chi connectivity index (χ3n) is 7.40. The number of carbonyl (C=O) groups is 2. The quantitative estimate of drug-likeness (QED) is 0.384. The molecule has 1 aromatic heterocycles. The second-order valence-corrected chi connectivity index (χ2v) is 10.7. The van der Waals surface area contributed by atoms with E-state index >= 15 is 0 Å². The van der Waals surface area contributed by atoms with E-state index in [1.54, 1.807) is 0 Å². The van der Waals surface area contributed by atoms with E-state index in [4.69, 9.17) is 11.6 Å². The number of hydrogen-bond donors (Lipinski definition) is 1. The van der Waals surface area contributed by atoms with Gasteiger partial charge in [0.25, 0.3) is 0 Å². The molecule has 7 heteroatoms. The van der Waals surface area contributed by atoms with Crippen LogP contribution in [0.4, 0.5) is 0 Å². The lowest BCUT2D eigenvalue weighted by molar-refractivity contribution is -0.137. The van der Waals surface area contributed by atoms with Crippen molar-refractivity contribution < 1.29 is 14.7 Å². The summed E-state index contributed by atoms with van der Waals surface area (Å²) >= 11 is 6.35. The van der Waals surface area contributed by atoms with Crippen LogP contribution in [0, 0.1) is 12.8 Å². The fourth-order valence-electron chi connectivity index (χ4n) is 5.34. The Morgan fingerprint density at radius 2 is 1.94 bits per heavy atom. The predicted octanol–water partition coefficient (Wildman–Crippen LogP) is 6.24. The standard InChI is InChI=1S/C27H36ClN3O3/c1-18-7-8-21(24(28)15-18)16-23(32)17-22(11-12-25(33)34)26-27(20-9-10-20)31(30-29-26)14-13-19-5-3-2-4-6-19/h7-8,15,19-20,22H,2-6,9-14,16-17H2,1H3,(H,33,34)/t22-/m1/s1. The average molecular weight is 486 g/mol. The highest BCUT2D eigenvalue weighted by Crippen LogP contribution is 2.44. The molecule has 34 heavy (non-hydrogen) atoms. The molecule has 2 aliphatic carbocycles. The number of halogens is 1. The lowest BCUT2D eigenvalue weighted by Crippen LogP contribution is -2.15. The van der Waals surface area contributed by atoms with Crippen LogP contribution in [0.2, 0.25) is 5.02 Å². The number of nitrogens with zero attached hydrogens (tertiary/aromatic N) is 3. The van der Waals surface area contributed by atoms with Crippen molar-refractivity contribution in [2.24, 2.45) is 5.92 Å². The summed E-state index contributed by atoms with van der Waals surface area (Å²) in [6.45, 7) is 2.83. The van der Waals surface area contributed by atoms with Crippen molar-refractivity contribution in [2.75, 3.05) is 0 Å². The molecule has 0 spiro atoms. The molecule has 1 atom stereocenters. The average Bonchev–Trinajstić information content (AvgIpc) is 3.56. The van der Waals surface area contributed by atoms with Gasteiger partial charge in [-0.1, -0.05) is 61.1 Å². The highest BCUT2D eigenvalue weighted by molar-refractivity contribution is 6.31. The molecular formula is C27H36ClN3O3. The van der Waals surface area contributed by atoms with E-state index in [2.05, 4.69) is 15.0 Å². The second-order valence-electron chi connectivity index (χ2n) is 10.3. The molecule has 2 fully saturated rings. The highest BCUT2D eigenvalue weighted by Gasteiger charge is 2.35. The third-order valence-corrected chi connectivity index (χ3v) is 7.75. The molecule has 1 N–H and O–H groups in total. The van der Waals surface area contributed by atoms with Gasteiger partial charge in [0.2, 0.25) is 0 Å². The predicted molar refractivity (Wildman–Crippen MR) is 132 cm³/mol. The number of rotatable bonds is 12. The van der Waals surface area contributed by atoms with E-state index in [-0.39, 0.29) is 31.0 Å². The van der Waals surface area contributed by atoms with E-state index in [1.165, 1.54) is 32.1 Å². The van der Waals surface area contributed by atoms with Crippen LogP contribution >= 0.6 is 11.6 Å². The highest BCUT2D eigenvalue weighted by atomic mass is 35.5. The van der Waals surface area contributed by atoms with Gasteiger partial charge in [0, 0.05) is 42.7 Å². The molecule has 4 rings (SSSR count). The lowest BCUT2D eigenvalue weighted by atomic mass is 9.87. The number of carboxylic acids is 1. The SMILES string of the molecule is Cc1ccc(CC(=O)C[C@@H](CCC(=O)O)c2nnn(CCC3CCCCC3)c2C2CC2)c(Cl)c1. The summed E-state index contributed by atoms with van der Waals surface area (Å²) in [6, 6.07) is 5.73. The van der Waals surface area contributed by atoms with E-state index in [0.717, 1.165) is 54.2 Å². The normalized spacial score (nSPS) is 17.6. The molecule has 0 aliphatic heterocycles. The first-order chi connectivity index (χ1) is 16.4. The van der Waals surface area contributed by atoms with Gasteiger partial charge in [0.1, 0.15) is 5.78 Å². The van der Waals surface area contributed by atoms with E-state index in [9.17, 15) is 14.7 Å². The van der Waals surface area contributed by atoms with Gasteiger partial charge in [-0.2, -0.15) is 0 Å². The number of hydrogen-bond acceptors (Lipinski definition) is 4. The van der Waals surface area contributed by atoms with E-state index in [1.807, 2.05) is 25.1 Å². The summed E-state index contributed by atoms with van der Waals surface area (Å²) in [4.78, 5) is 24.4. The summed E-state index contributed by atoms with van der Waals surface area (Å²) in [6.07, 6.45) is 10.9. The Bertz CT molecular complexity index is 1010. The summed E-state index contributed by atoms with van der Waals surface area (Å²) in [5.74, 6) is 0.172. The maximum atomic E-state index is 13.1. The van der Waals surface area contributed by atoms with Crippen molar-refractivity contribution >= 4 is 23.4 Å². The molecule has 2 saturated carbocycles. The number of aryl methyl sites for hydroxylation is 2. The number of carbonyl (C=O) groups excluding carboxylic acids is 1. The van der Waals surface area contributed by atoms with Crippen LogP contribution in [-0.2, 0) is 22.6 Å². The van der Waals surface area contributed by atoms with Crippen LogP contribution in [-0.4, -0.2) is 31.9 Å². The molecular weight excluding hydrogens is 450 g/mol. The molecule has 0 saturated heterocycles. The Morgan fingerprint density at radius 1 is 1.18 bits per heavy atom. The summed E-state index contributed by atoms with van der Waals surface area (Å²) in [7, 11) is 0. The van der Waals surface area contributed by atoms with Crippen LogP contribution in [0.3, 0.4) is 0 Å². The fraction of sp³-hybridized carbons (Fsp3) is 0.630. The molecule has 0 radical (unpaired) electrons. The van der Waals surface area contributed by atoms with Gasteiger partial charge in [0.15, 0.2) is 0 Å². The van der Waals surface area contributed by atoms with Gasteiger partial charge >= 0.3 is 5.97 Å². The smallest absolute Gasteiger partial charge is 0.303 e. The van der Waals surface area contributed by atoms with Crippen molar-refractivity contribution in [3.8, 4) is 0 Å². The molecule has 6 nitrogen and oxygen atoms in total. The van der Waals surface area contributed by atoms with Gasteiger partial charge in [-0.15, -0.1) is 5.10 Å². The number of benzene rings is 1. The summed E-state index contributed by atoms with van der Waals surface area (Å²) < 4.78 is 2.07. The summed E-state index contributed by atoms with van der Waals surface area (Å²) in [5, 5.41) is 19.0. The lowest BCUT2D eigenvalue weighted by Gasteiger charge is -2.21. The zero-order valence-corrected chi connectivity index (χ0v) is 20.9. The number of aliphatic carboxylic acids is 1. The van der Waals surface area contributed by atoms with Gasteiger partial charge in [-0.05, 0) is 55.7 Å². The van der Waals surface area contributed by atoms with E-state index in [0.29, 0.717) is 17.4 Å². The van der Waals surface area contributed by atoms with Crippen LogP contribution < -0.4 is 0 Å². The topological polar surface area (TPSA) is 85.1 Å². The first kappa shape index (κ1) is 24.9. The third kappa shape index (κ3) is 6.68. The molecule has 1 aromatic carbocycles. The van der Waals surface area contributed by atoms with Gasteiger partial charge in [-0.25, -0.2) is 4.68 Å².